The van der Waals surface area contributed by atoms with E-state index in [9.17, 15) is 0 Å². The molecular formula is C56H40N2. The van der Waals surface area contributed by atoms with Gasteiger partial charge >= 0.3 is 0 Å². The first-order valence-electron chi connectivity index (χ1n) is 21.3. The van der Waals surface area contributed by atoms with E-state index in [1.54, 1.807) is 5.57 Å². The largest absolute Gasteiger partial charge is 0.337 e. The first-order chi connectivity index (χ1) is 28.8. The zero-order valence-electron chi connectivity index (χ0n) is 32.2. The van der Waals surface area contributed by atoms with Gasteiger partial charge in [-0.1, -0.05) is 134 Å². The summed E-state index contributed by atoms with van der Waals surface area (Å²) in [7, 11) is 0. The van der Waals surface area contributed by atoms with Crippen molar-refractivity contribution in [3.63, 3.8) is 0 Å². The predicted molar refractivity (Wildman–Crippen MR) is 242 cm³/mol. The predicted octanol–water partition coefficient (Wildman–Crippen LogP) is 14.0. The number of nitrogens with zero attached hydrogens (tertiary/aromatic N) is 2. The van der Waals surface area contributed by atoms with Crippen molar-refractivity contribution in [1.82, 2.24) is 4.57 Å². The molecule has 0 saturated carbocycles. The molecule has 14 rings (SSSR count). The minimum absolute atomic E-state index is 0.413. The Morgan fingerprint density at radius 2 is 1.40 bits per heavy atom. The maximum atomic E-state index is 2.72. The summed E-state index contributed by atoms with van der Waals surface area (Å²) in [5.41, 5.74) is 22.4. The molecule has 4 atom stereocenters. The van der Waals surface area contributed by atoms with Crippen LogP contribution in [0.5, 0.6) is 0 Å². The Morgan fingerprint density at radius 1 is 0.603 bits per heavy atom. The van der Waals surface area contributed by atoms with E-state index in [4.69, 9.17) is 0 Å². The summed E-state index contributed by atoms with van der Waals surface area (Å²) >= 11 is 0. The van der Waals surface area contributed by atoms with Crippen molar-refractivity contribution in [3.8, 4) is 22.3 Å². The molecule has 0 saturated heterocycles. The second kappa shape index (κ2) is 11.5. The molecule has 6 aromatic carbocycles. The highest BCUT2D eigenvalue weighted by Gasteiger charge is 2.51. The summed E-state index contributed by atoms with van der Waals surface area (Å²) in [6.45, 7) is 0. The molecule has 2 heterocycles. The van der Waals surface area contributed by atoms with Crippen LogP contribution in [0.4, 0.5) is 5.69 Å². The molecular weight excluding hydrogens is 701 g/mol. The molecule has 0 N–H and O–H groups in total. The highest BCUT2D eigenvalue weighted by atomic mass is 15.2. The molecule has 1 aliphatic heterocycles. The molecule has 0 fully saturated rings. The number of anilines is 1. The first-order valence-corrected chi connectivity index (χ1v) is 21.3. The Balaban J connectivity index is 0.850. The van der Waals surface area contributed by atoms with E-state index < -0.39 is 0 Å². The van der Waals surface area contributed by atoms with Gasteiger partial charge < -0.3 is 9.47 Å². The van der Waals surface area contributed by atoms with Crippen LogP contribution in [0.3, 0.4) is 0 Å². The Morgan fingerprint density at radius 3 is 2.28 bits per heavy atom. The van der Waals surface area contributed by atoms with Crippen LogP contribution in [-0.4, -0.2) is 10.6 Å². The van der Waals surface area contributed by atoms with Crippen LogP contribution in [-0.2, 0) is 0 Å². The third-order valence-electron chi connectivity index (χ3n) is 14.7. The summed E-state index contributed by atoms with van der Waals surface area (Å²) in [6, 6.07) is 46.6. The molecule has 4 unspecified atom stereocenters. The van der Waals surface area contributed by atoms with Gasteiger partial charge in [0.25, 0.3) is 0 Å². The van der Waals surface area contributed by atoms with Gasteiger partial charge in [0.2, 0.25) is 0 Å². The fraction of sp³-hybridized carbons (Fsp3) is 0.143. The van der Waals surface area contributed by atoms with Crippen LogP contribution in [0.15, 0.2) is 187 Å². The fourth-order valence-corrected chi connectivity index (χ4v) is 12.4. The van der Waals surface area contributed by atoms with Gasteiger partial charge in [-0.05, 0) is 134 Å². The van der Waals surface area contributed by atoms with E-state index in [2.05, 4.69) is 179 Å². The SMILES string of the molecule is C1=CC2=CC3=C(C4C=CCCC4N3c3ccc(C4=CC=C(n5c6ccccc6c6c7cccc8c7c(cc65)-c5ccccc5-8)CC4)cc3)C3c4ccccc4C(=C1)C23. The Labute approximate surface area is 338 Å². The highest BCUT2D eigenvalue weighted by molar-refractivity contribution is 6.29. The molecule has 2 nitrogen and oxygen atoms in total. The normalized spacial score (nSPS) is 23.1. The minimum Gasteiger partial charge on any atom is -0.337 e. The van der Waals surface area contributed by atoms with Gasteiger partial charge in [0.05, 0.1) is 11.0 Å². The summed E-state index contributed by atoms with van der Waals surface area (Å²) < 4.78 is 2.56. The molecule has 0 radical (unpaired) electrons. The van der Waals surface area contributed by atoms with Crippen LogP contribution in [0, 0.1) is 11.8 Å². The second-order valence-corrected chi connectivity index (χ2v) is 17.3. The van der Waals surface area contributed by atoms with Gasteiger partial charge in [0.1, 0.15) is 0 Å². The van der Waals surface area contributed by atoms with E-state index in [0.29, 0.717) is 23.8 Å². The van der Waals surface area contributed by atoms with Crippen molar-refractivity contribution < 1.29 is 0 Å². The lowest BCUT2D eigenvalue weighted by molar-refractivity contribution is 0.499. The summed E-state index contributed by atoms with van der Waals surface area (Å²) in [6.07, 6.45) is 23.7. The third-order valence-corrected chi connectivity index (χ3v) is 14.7. The van der Waals surface area contributed by atoms with Gasteiger partial charge in [0.15, 0.2) is 0 Å². The van der Waals surface area contributed by atoms with Gasteiger partial charge in [-0.25, -0.2) is 0 Å². The van der Waals surface area contributed by atoms with Crippen molar-refractivity contribution in [1.29, 1.82) is 0 Å². The van der Waals surface area contributed by atoms with Crippen LogP contribution < -0.4 is 4.90 Å². The molecule has 7 aromatic rings. The van der Waals surface area contributed by atoms with Crippen LogP contribution >= 0.6 is 0 Å². The Hall–Kier alpha value is -6.64. The average Bonchev–Trinajstić information content (AvgIpc) is 4.01. The number of hydrogen-bond acceptors (Lipinski definition) is 1. The zero-order valence-corrected chi connectivity index (χ0v) is 32.2. The van der Waals surface area contributed by atoms with Crippen LogP contribution in [0.25, 0.3) is 71.7 Å². The number of allylic oxidation sites excluding steroid dienone is 11. The van der Waals surface area contributed by atoms with Crippen LogP contribution in [0.1, 0.15) is 48.3 Å². The number of rotatable bonds is 3. The standard InChI is InChI=1S/C56H40N2/c1-2-13-39-38(12-1)42-19-10-20-46-53(42)47(39)32-51-54(46)44-16-5-7-21-48(44)58(51)37-29-25-34(26-30-37)33-23-27-36(28-24-33)57-49-22-8-6-17-45(49)55-50(57)31-35-11-9-18-41-40-14-3-4-15-43(40)56(55)52(35)41/h1-7,9-21,23-25,27-29,31-32,45,49,52,56H,8,22,26,30H2. The first kappa shape index (κ1) is 31.4. The van der Waals surface area contributed by atoms with E-state index in [1.165, 1.54) is 112 Å². The van der Waals surface area contributed by atoms with Gasteiger partial charge in [-0.2, -0.15) is 0 Å². The van der Waals surface area contributed by atoms with Gasteiger partial charge in [-0.3, -0.25) is 0 Å². The van der Waals surface area contributed by atoms with Crippen molar-refractivity contribution in [2.24, 2.45) is 11.8 Å². The maximum absolute atomic E-state index is 2.72. The Bertz CT molecular complexity index is 3240. The number of para-hydroxylation sites is 1. The smallest absolute Gasteiger partial charge is 0.0550 e. The molecule has 6 aliphatic carbocycles. The summed E-state index contributed by atoms with van der Waals surface area (Å²) in [4.78, 5) is 2.72. The maximum Gasteiger partial charge on any atom is 0.0550 e. The highest BCUT2D eigenvalue weighted by Crippen LogP contribution is 2.62. The number of aromatic nitrogens is 1. The van der Waals surface area contributed by atoms with Gasteiger partial charge in [0, 0.05) is 51.6 Å². The van der Waals surface area contributed by atoms with Crippen molar-refractivity contribution in [2.75, 3.05) is 4.90 Å². The fourth-order valence-electron chi connectivity index (χ4n) is 12.4. The molecule has 0 spiro atoms. The molecule has 0 amide bonds. The summed E-state index contributed by atoms with van der Waals surface area (Å²) in [5.74, 6) is 1.29. The average molecular weight is 741 g/mol. The molecule has 7 aliphatic rings. The van der Waals surface area contributed by atoms with Crippen molar-refractivity contribution in [3.05, 3.63) is 203 Å². The quantitative estimate of drug-likeness (QED) is 0.164. The molecule has 2 heteroatoms. The minimum atomic E-state index is 0.413. The zero-order chi connectivity index (χ0) is 37.6. The monoisotopic (exact) mass is 740 g/mol. The lowest BCUT2D eigenvalue weighted by Crippen LogP contribution is -2.34. The number of hydrogen-bond donors (Lipinski definition) is 0. The Kier molecular flexibility index (Phi) is 6.23. The lowest BCUT2D eigenvalue weighted by Gasteiger charge is -2.33. The van der Waals surface area contributed by atoms with Gasteiger partial charge in [-0.15, -0.1) is 0 Å². The van der Waals surface area contributed by atoms with E-state index in [-0.39, 0.29) is 0 Å². The molecule has 58 heavy (non-hydrogen) atoms. The topological polar surface area (TPSA) is 8.17 Å². The second-order valence-electron chi connectivity index (χ2n) is 17.3. The van der Waals surface area contributed by atoms with E-state index >= 15 is 0 Å². The van der Waals surface area contributed by atoms with E-state index in [0.717, 1.165) is 19.3 Å². The van der Waals surface area contributed by atoms with E-state index in [1.807, 2.05) is 0 Å². The molecule has 0 bridgehead atoms. The summed E-state index contributed by atoms with van der Waals surface area (Å²) in [5, 5.41) is 5.44. The third kappa shape index (κ3) is 4.02. The molecule has 1 aromatic heterocycles. The lowest BCUT2D eigenvalue weighted by atomic mass is 9.70. The van der Waals surface area contributed by atoms with Crippen molar-refractivity contribution in [2.45, 2.75) is 37.6 Å². The van der Waals surface area contributed by atoms with Crippen molar-refractivity contribution >= 4 is 55.1 Å². The molecule has 274 valence electrons. The number of benzene rings is 6. The number of fused-ring (bicyclic) bond motifs is 13. The van der Waals surface area contributed by atoms with Crippen LogP contribution in [0.2, 0.25) is 0 Å².